The Labute approximate surface area is 136 Å². The second-order valence-electron chi connectivity index (χ2n) is 6.56. The molecule has 4 nitrogen and oxygen atoms in total. The van der Waals surface area contributed by atoms with Crippen molar-refractivity contribution in [1.29, 1.82) is 0 Å². The number of carbonyl (C=O) groups excluding carboxylic acids is 2. The van der Waals surface area contributed by atoms with Crippen molar-refractivity contribution in [2.24, 2.45) is 0 Å². The minimum atomic E-state index is -0.515. The van der Waals surface area contributed by atoms with Crippen LogP contribution >= 0.6 is 11.8 Å². The lowest BCUT2D eigenvalue weighted by Crippen LogP contribution is -2.41. The molecule has 0 bridgehead atoms. The number of fused-ring (bicyclic) bond motifs is 1. The average Bonchev–Trinajstić information content (AvgIpc) is 2.71. The number of hydrogen-bond donors (Lipinski definition) is 1. The predicted octanol–water partition coefficient (Wildman–Crippen LogP) is 3.50. The highest BCUT2D eigenvalue weighted by Crippen LogP contribution is 2.35. The summed E-state index contributed by atoms with van der Waals surface area (Å²) in [7, 11) is 0. The number of nitrogens with one attached hydrogen (secondary N) is 1. The number of amides is 1. The van der Waals surface area contributed by atoms with E-state index in [0.29, 0.717) is 5.75 Å². The van der Waals surface area contributed by atoms with Gasteiger partial charge in [-0.1, -0.05) is 36.0 Å². The van der Waals surface area contributed by atoms with Crippen molar-refractivity contribution in [2.45, 2.75) is 51.7 Å². The van der Waals surface area contributed by atoms with E-state index in [4.69, 9.17) is 4.74 Å². The highest BCUT2D eigenvalue weighted by atomic mass is 32.2. The summed E-state index contributed by atoms with van der Waals surface area (Å²) in [4.78, 5) is 23.3. The first-order valence-corrected chi connectivity index (χ1v) is 8.45. The Kier molecular flexibility index (Phi) is 5.16. The fraction of sp³-hybridized carbons (Fsp3) is 0.529. The molecule has 1 amide bonds. The summed E-state index contributed by atoms with van der Waals surface area (Å²) in [5.41, 5.74) is 1.94. The molecule has 0 unspecified atom stereocenters. The van der Waals surface area contributed by atoms with Gasteiger partial charge in [-0.25, -0.2) is 4.79 Å². The Morgan fingerprint density at radius 1 is 1.32 bits per heavy atom. The summed E-state index contributed by atoms with van der Waals surface area (Å²) >= 11 is 1.31. The molecule has 0 heterocycles. The number of ether oxygens (including phenoxy) is 1. The molecular formula is C17H23NO3S. The Hall–Kier alpha value is -1.49. The predicted molar refractivity (Wildman–Crippen MR) is 89.2 cm³/mol. The third-order valence-corrected chi connectivity index (χ3v) is 4.48. The van der Waals surface area contributed by atoms with Crippen LogP contribution in [0.5, 0.6) is 0 Å². The van der Waals surface area contributed by atoms with Crippen molar-refractivity contribution in [3.05, 3.63) is 35.4 Å². The zero-order valence-corrected chi connectivity index (χ0v) is 14.3. The van der Waals surface area contributed by atoms with Crippen LogP contribution in [0.1, 0.15) is 44.7 Å². The summed E-state index contributed by atoms with van der Waals surface area (Å²) < 4.78 is 5.35. The number of carbonyl (C=O) groups is 2. The van der Waals surface area contributed by atoms with E-state index in [0.717, 1.165) is 6.42 Å². The lowest BCUT2D eigenvalue weighted by molar-refractivity contribution is -0.109. The molecule has 0 aliphatic heterocycles. The van der Waals surface area contributed by atoms with Crippen LogP contribution in [0.3, 0.4) is 0 Å². The fourth-order valence-electron chi connectivity index (χ4n) is 2.70. The van der Waals surface area contributed by atoms with Gasteiger partial charge < -0.3 is 10.1 Å². The van der Waals surface area contributed by atoms with E-state index < -0.39 is 11.7 Å². The van der Waals surface area contributed by atoms with Gasteiger partial charge in [0.1, 0.15) is 5.60 Å². The van der Waals surface area contributed by atoms with Gasteiger partial charge in [0, 0.05) is 24.6 Å². The Balaban J connectivity index is 2.09. The van der Waals surface area contributed by atoms with Crippen LogP contribution in [0.2, 0.25) is 0 Å². The maximum absolute atomic E-state index is 12.0. The number of benzene rings is 1. The van der Waals surface area contributed by atoms with Gasteiger partial charge in [0.2, 0.25) is 0 Å². The van der Waals surface area contributed by atoms with E-state index in [9.17, 15) is 9.59 Å². The standard InChI is InChI=1S/C17H23NO3S/c1-11(19)22-10-14-13-8-6-5-7-12(13)9-15(14)18-16(20)21-17(2,3)4/h5-8,14-15H,9-10H2,1-4H3,(H,18,20)/t14-,15-/m1/s1. The maximum Gasteiger partial charge on any atom is 0.407 e. The highest BCUT2D eigenvalue weighted by molar-refractivity contribution is 8.13. The molecule has 0 saturated carbocycles. The van der Waals surface area contributed by atoms with E-state index in [1.165, 1.54) is 22.9 Å². The molecular weight excluding hydrogens is 298 g/mol. The van der Waals surface area contributed by atoms with Gasteiger partial charge >= 0.3 is 6.09 Å². The van der Waals surface area contributed by atoms with E-state index in [1.807, 2.05) is 32.9 Å². The quantitative estimate of drug-likeness (QED) is 0.926. The molecule has 1 aromatic carbocycles. The summed E-state index contributed by atoms with van der Waals surface area (Å²) in [5.74, 6) is 0.810. The topological polar surface area (TPSA) is 55.4 Å². The molecule has 2 atom stereocenters. The molecule has 0 fully saturated rings. The van der Waals surface area contributed by atoms with Gasteiger partial charge in [-0.05, 0) is 38.3 Å². The van der Waals surface area contributed by atoms with Crippen molar-refractivity contribution in [3.63, 3.8) is 0 Å². The third-order valence-electron chi connectivity index (χ3n) is 3.55. The molecule has 0 saturated heterocycles. The van der Waals surface area contributed by atoms with Crippen molar-refractivity contribution in [2.75, 3.05) is 5.75 Å². The smallest absolute Gasteiger partial charge is 0.407 e. The number of alkyl carbamates (subject to hydrolysis) is 1. The lowest BCUT2D eigenvalue weighted by atomic mass is 10.0. The van der Waals surface area contributed by atoms with E-state index in [-0.39, 0.29) is 17.1 Å². The summed E-state index contributed by atoms with van der Waals surface area (Å²) in [6, 6.07) is 8.14. The van der Waals surface area contributed by atoms with Crippen LogP contribution in [0.25, 0.3) is 0 Å². The second-order valence-corrected chi connectivity index (χ2v) is 7.76. The van der Waals surface area contributed by atoms with Crippen LogP contribution in [-0.4, -0.2) is 28.6 Å². The monoisotopic (exact) mass is 321 g/mol. The van der Waals surface area contributed by atoms with Crippen molar-refractivity contribution >= 4 is 23.0 Å². The largest absolute Gasteiger partial charge is 0.444 e. The van der Waals surface area contributed by atoms with Gasteiger partial charge in [-0.15, -0.1) is 0 Å². The first-order valence-electron chi connectivity index (χ1n) is 7.47. The summed E-state index contributed by atoms with van der Waals surface area (Å²) in [5, 5.41) is 3.07. The normalized spacial score (nSPS) is 20.4. The van der Waals surface area contributed by atoms with Gasteiger partial charge in [-0.3, -0.25) is 4.79 Å². The number of thioether (sulfide) groups is 1. The van der Waals surface area contributed by atoms with Crippen LogP contribution in [0.4, 0.5) is 4.79 Å². The summed E-state index contributed by atoms with van der Waals surface area (Å²) in [6.45, 7) is 7.11. The fourth-order valence-corrected chi connectivity index (χ4v) is 3.53. The molecule has 1 aliphatic rings. The summed E-state index contributed by atoms with van der Waals surface area (Å²) in [6.07, 6.45) is 0.376. The third kappa shape index (κ3) is 4.50. The van der Waals surface area contributed by atoms with Gasteiger partial charge in [-0.2, -0.15) is 0 Å². The van der Waals surface area contributed by atoms with Crippen molar-refractivity contribution in [3.8, 4) is 0 Å². The van der Waals surface area contributed by atoms with Crippen LogP contribution in [-0.2, 0) is 16.0 Å². The average molecular weight is 321 g/mol. The Morgan fingerprint density at radius 3 is 2.64 bits per heavy atom. The first kappa shape index (κ1) is 16.9. The number of rotatable bonds is 3. The van der Waals surface area contributed by atoms with E-state index in [1.54, 1.807) is 6.92 Å². The van der Waals surface area contributed by atoms with Crippen LogP contribution in [0.15, 0.2) is 24.3 Å². The zero-order chi connectivity index (χ0) is 16.3. The molecule has 0 radical (unpaired) electrons. The zero-order valence-electron chi connectivity index (χ0n) is 13.5. The molecule has 2 rings (SSSR count). The molecule has 120 valence electrons. The van der Waals surface area contributed by atoms with Crippen molar-refractivity contribution in [1.82, 2.24) is 5.32 Å². The molecule has 1 aliphatic carbocycles. The van der Waals surface area contributed by atoms with Crippen molar-refractivity contribution < 1.29 is 14.3 Å². The molecule has 5 heteroatoms. The molecule has 0 spiro atoms. The van der Waals surface area contributed by atoms with E-state index >= 15 is 0 Å². The van der Waals surface area contributed by atoms with Gasteiger partial charge in [0.05, 0.1) is 0 Å². The second kappa shape index (κ2) is 6.73. The Morgan fingerprint density at radius 2 is 2.00 bits per heavy atom. The minimum Gasteiger partial charge on any atom is -0.444 e. The Bertz CT molecular complexity index is 565. The lowest BCUT2D eigenvalue weighted by Gasteiger charge is -2.24. The van der Waals surface area contributed by atoms with Crippen LogP contribution < -0.4 is 5.32 Å². The highest BCUT2D eigenvalue weighted by Gasteiger charge is 2.34. The SMILES string of the molecule is CC(=O)SC[C@@H]1c2ccccc2C[C@H]1NC(=O)OC(C)(C)C. The minimum absolute atomic E-state index is 0.0286. The van der Waals surface area contributed by atoms with Gasteiger partial charge in [0.25, 0.3) is 0 Å². The maximum atomic E-state index is 12.0. The van der Waals surface area contributed by atoms with Crippen LogP contribution in [0, 0.1) is 0 Å². The number of hydrogen-bond acceptors (Lipinski definition) is 4. The first-order chi connectivity index (χ1) is 10.3. The molecule has 1 aromatic rings. The molecule has 22 heavy (non-hydrogen) atoms. The molecule has 0 aromatic heterocycles. The van der Waals surface area contributed by atoms with Gasteiger partial charge in [0.15, 0.2) is 5.12 Å². The molecule has 1 N–H and O–H groups in total. The van der Waals surface area contributed by atoms with E-state index in [2.05, 4.69) is 17.4 Å².